The molecule has 0 saturated heterocycles. The first-order valence-corrected chi connectivity index (χ1v) is 9.84. The molecule has 0 aliphatic carbocycles. The number of benzene rings is 2. The minimum atomic E-state index is -3.75. The first-order valence-electron chi connectivity index (χ1n) is 7.98. The van der Waals surface area contributed by atoms with Gasteiger partial charge in [-0.3, -0.25) is 9.52 Å². The Morgan fingerprint density at radius 1 is 1.11 bits per heavy atom. The zero-order valence-electron chi connectivity index (χ0n) is 14.6. The van der Waals surface area contributed by atoms with Crippen LogP contribution in [0.2, 0.25) is 5.02 Å². The Hall–Kier alpha value is -2.84. The van der Waals surface area contributed by atoms with Crippen LogP contribution in [-0.4, -0.2) is 24.1 Å². The number of nitrogens with one attached hydrogen (secondary N) is 2. The van der Waals surface area contributed by atoms with Crippen molar-refractivity contribution in [2.24, 2.45) is 0 Å². The van der Waals surface area contributed by atoms with Crippen LogP contribution in [0.15, 0.2) is 59.5 Å². The maximum absolute atomic E-state index is 12.5. The number of rotatable bonds is 5. The van der Waals surface area contributed by atoms with Crippen LogP contribution in [0.1, 0.15) is 12.6 Å². The van der Waals surface area contributed by atoms with Crippen LogP contribution >= 0.6 is 11.6 Å². The molecule has 0 atom stereocenters. The van der Waals surface area contributed by atoms with Crippen LogP contribution < -0.4 is 10.0 Å². The summed E-state index contributed by atoms with van der Waals surface area (Å²) < 4.78 is 29.0. The van der Waals surface area contributed by atoms with Gasteiger partial charge in [-0.25, -0.2) is 13.1 Å². The molecule has 0 aliphatic rings. The van der Waals surface area contributed by atoms with E-state index >= 15 is 0 Å². The highest BCUT2D eigenvalue weighted by Gasteiger charge is 2.15. The van der Waals surface area contributed by atoms with Gasteiger partial charge in [0.2, 0.25) is 5.91 Å². The van der Waals surface area contributed by atoms with Gasteiger partial charge < -0.3 is 5.32 Å². The summed E-state index contributed by atoms with van der Waals surface area (Å²) in [5, 5.41) is 7.39. The van der Waals surface area contributed by atoms with Crippen LogP contribution in [0.3, 0.4) is 0 Å². The Balaban J connectivity index is 1.85. The first-order chi connectivity index (χ1) is 12.7. The molecule has 27 heavy (non-hydrogen) atoms. The molecule has 0 bridgehead atoms. The average Bonchev–Trinajstić information content (AvgIpc) is 2.95. The summed E-state index contributed by atoms with van der Waals surface area (Å²) >= 11 is 5.86. The lowest BCUT2D eigenvalue weighted by Crippen LogP contribution is -2.13. The number of hydrogen-bond donors (Lipinski definition) is 2. The van der Waals surface area contributed by atoms with Gasteiger partial charge in [0.25, 0.3) is 10.0 Å². The van der Waals surface area contributed by atoms with Gasteiger partial charge in [-0.15, -0.1) is 0 Å². The Labute approximate surface area is 162 Å². The number of sulfonamides is 1. The minimum Gasteiger partial charge on any atom is -0.311 e. The Morgan fingerprint density at radius 2 is 1.81 bits per heavy atom. The summed E-state index contributed by atoms with van der Waals surface area (Å²) in [5.41, 5.74) is 1.81. The molecule has 3 aromatic rings. The monoisotopic (exact) mass is 404 g/mol. The highest BCUT2D eigenvalue weighted by Crippen LogP contribution is 2.22. The van der Waals surface area contributed by atoms with E-state index in [1.54, 1.807) is 47.1 Å². The molecule has 7 nitrogen and oxygen atoms in total. The number of amides is 1. The SMILES string of the molecule is CC(=O)Nc1cc(C)nn1-c1ccc(NS(=O)(=O)c2cccc(Cl)c2)cc1. The van der Waals surface area contributed by atoms with Gasteiger partial charge >= 0.3 is 0 Å². The molecule has 2 aromatic carbocycles. The molecule has 9 heteroatoms. The van der Waals surface area contributed by atoms with Gasteiger partial charge in [0.05, 0.1) is 16.3 Å². The second-order valence-electron chi connectivity index (χ2n) is 5.87. The zero-order valence-corrected chi connectivity index (χ0v) is 16.2. The van der Waals surface area contributed by atoms with Crippen molar-refractivity contribution in [3.63, 3.8) is 0 Å². The summed E-state index contributed by atoms with van der Waals surface area (Å²) in [7, 11) is -3.75. The molecule has 0 fully saturated rings. The molecule has 1 amide bonds. The second kappa shape index (κ2) is 7.42. The fraction of sp³-hybridized carbons (Fsp3) is 0.111. The van der Waals surface area contributed by atoms with Crippen LogP contribution in [0.4, 0.5) is 11.5 Å². The molecule has 140 valence electrons. The van der Waals surface area contributed by atoms with Crippen molar-refractivity contribution < 1.29 is 13.2 Å². The number of aryl methyl sites for hydroxylation is 1. The third kappa shape index (κ3) is 4.47. The number of carbonyl (C=O) groups is 1. The Kier molecular flexibility index (Phi) is 5.20. The lowest BCUT2D eigenvalue weighted by Gasteiger charge is -2.11. The zero-order chi connectivity index (χ0) is 19.6. The van der Waals surface area contributed by atoms with Crippen molar-refractivity contribution in [3.8, 4) is 5.69 Å². The van der Waals surface area contributed by atoms with E-state index in [0.29, 0.717) is 22.2 Å². The molecule has 1 aromatic heterocycles. The molecule has 0 spiro atoms. The van der Waals surface area contributed by atoms with E-state index < -0.39 is 10.0 Å². The van der Waals surface area contributed by atoms with Crippen molar-refractivity contribution in [1.82, 2.24) is 9.78 Å². The summed E-state index contributed by atoms with van der Waals surface area (Å²) in [6.07, 6.45) is 0. The molecule has 1 heterocycles. The highest BCUT2D eigenvalue weighted by atomic mass is 35.5. The number of aromatic nitrogens is 2. The number of carbonyl (C=O) groups excluding carboxylic acids is 1. The maximum Gasteiger partial charge on any atom is 0.261 e. The van der Waals surface area contributed by atoms with Crippen molar-refractivity contribution in [2.45, 2.75) is 18.7 Å². The molecule has 0 radical (unpaired) electrons. The van der Waals surface area contributed by atoms with E-state index in [-0.39, 0.29) is 10.8 Å². The summed E-state index contributed by atoms with van der Waals surface area (Å²) in [4.78, 5) is 11.4. The van der Waals surface area contributed by atoms with Gasteiger partial charge in [0.1, 0.15) is 5.82 Å². The van der Waals surface area contributed by atoms with Crippen molar-refractivity contribution in [1.29, 1.82) is 0 Å². The lowest BCUT2D eigenvalue weighted by atomic mass is 10.3. The lowest BCUT2D eigenvalue weighted by molar-refractivity contribution is -0.114. The number of anilines is 2. The first kappa shape index (κ1) is 18.9. The molecule has 0 saturated carbocycles. The Bertz CT molecular complexity index is 1090. The Morgan fingerprint density at radius 3 is 2.44 bits per heavy atom. The predicted octanol–water partition coefficient (Wildman–Crippen LogP) is 3.59. The minimum absolute atomic E-state index is 0.0784. The van der Waals surface area contributed by atoms with Crippen molar-refractivity contribution >= 4 is 39.0 Å². The summed E-state index contributed by atoms with van der Waals surface area (Å²) in [6.45, 7) is 3.23. The van der Waals surface area contributed by atoms with E-state index in [9.17, 15) is 13.2 Å². The number of nitrogens with zero attached hydrogens (tertiary/aromatic N) is 2. The third-order valence-corrected chi connectivity index (χ3v) is 5.22. The topological polar surface area (TPSA) is 93.1 Å². The average molecular weight is 405 g/mol. The van der Waals surface area contributed by atoms with Crippen molar-refractivity contribution in [2.75, 3.05) is 10.0 Å². The van der Waals surface area contributed by atoms with Crippen LogP contribution in [0, 0.1) is 6.92 Å². The van der Waals surface area contributed by atoms with E-state index in [4.69, 9.17) is 11.6 Å². The quantitative estimate of drug-likeness (QED) is 0.679. The largest absolute Gasteiger partial charge is 0.311 e. The maximum atomic E-state index is 12.5. The van der Waals surface area contributed by atoms with Crippen LogP contribution in [0.5, 0.6) is 0 Å². The van der Waals surface area contributed by atoms with Gasteiger partial charge in [-0.2, -0.15) is 5.10 Å². The van der Waals surface area contributed by atoms with E-state index in [1.165, 1.54) is 19.1 Å². The molecule has 3 rings (SSSR count). The molecule has 0 unspecified atom stereocenters. The van der Waals surface area contributed by atoms with E-state index in [1.807, 2.05) is 6.92 Å². The van der Waals surface area contributed by atoms with Gasteiger partial charge in [0, 0.05) is 23.7 Å². The molecule has 0 aliphatic heterocycles. The van der Waals surface area contributed by atoms with Crippen LogP contribution in [-0.2, 0) is 14.8 Å². The van der Waals surface area contributed by atoms with Gasteiger partial charge in [-0.05, 0) is 49.4 Å². The normalized spacial score (nSPS) is 11.2. The number of halogens is 1. The van der Waals surface area contributed by atoms with Crippen molar-refractivity contribution in [3.05, 3.63) is 65.3 Å². The van der Waals surface area contributed by atoms with E-state index in [2.05, 4.69) is 15.1 Å². The standard InChI is InChI=1S/C18H17ClN4O3S/c1-12-10-18(20-13(2)24)23(21-12)16-8-6-15(7-9-16)22-27(25,26)17-5-3-4-14(19)11-17/h3-11,22H,1-2H3,(H,20,24). The fourth-order valence-electron chi connectivity index (χ4n) is 2.48. The fourth-order valence-corrected chi connectivity index (χ4v) is 3.84. The van der Waals surface area contributed by atoms with Gasteiger partial charge in [-0.1, -0.05) is 17.7 Å². The molecule has 2 N–H and O–H groups in total. The van der Waals surface area contributed by atoms with E-state index in [0.717, 1.165) is 5.69 Å². The third-order valence-electron chi connectivity index (χ3n) is 3.61. The van der Waals surface area contributed by atoms with Crippen LogP contribution in [0.25, 0.3) is 5.69 Å². The smallest absolute Gasteiger partial charge is 0.261 e. The highest BCUT2D eigenvalue weighted by molar-refractivity contribution is 7.92. The summed E-state index contributed by atoms with van der Waals surface area (Å²) in [5.74, 6) is 0.328. The molecular formula is C18H17ClN4O3S. The predicted molar refractivity (Wildman–Crippen MR) is 105 cm³/mol. The summed E-state index contributed by atoms with van der Waals surface area (Å²) in [6, 6.07) is 14.4. The van der Waals surface area contributed by atoms with Gasteiger partial charge in [0.15, 0.2) is 0 Å². The molecular weight excluding hydrogens is 388 g/mol. The number of hydrogen-bond acceptors (Lipinski definition) is 4. The second-order valence-corrected chi connectivity index (χ2v) is 7.99.